The van der Waals surface area contributed by atoms with Gasteiger partial charge in [0, 0.05) is 51.2 Å². The molecule has 0 bridgehead atoms. The van der Waals surface area contributed by atoms with Gasteiger partial charge < -0.3 is 30.9 Å². The highest BCUT2D eigenvalue weighted by Crippen LogP contribution is 2.22. The number of aliphatic hydroxyl groups excluding tert-OH is 1. The number of nitrogens with zero attached hydrogens (tertiary/aromatic N) is 3. The molecular formula is C42H64N6O11S. The van der Waals surface area contributed by atoms with Crippen molar-refractivity contribution in [2.24, 2.45) is 23.5 Å². The van der Waals surface area contributed by atoms with Gasteiger partial charge in [0.15, 0.2) is 11.6 Å². The van der Waals surface area contributed by atoms with Crippen LogP contribution in [0.2, 0.25) is 0 Å². The number of rotatable bonds is 28. The second-order valence-electron chi connectivity index (χ2n) is 16.2. The summed E-state index contributed by atoms with van der Waals surface area (Å²) in [5, 5.41) is 15.5. The molecule has 1 saturated heterocycles. The van der Waals surface area contributed by atoms with E-state index in [0.717, 1.165) is 51.9 Å². The van der Waals surface area contributed by atoms with E-state index < -0.39 is 88.8 Å². The van der Waals surface area contributed by atoms with Crippen molar-refractivity contribution in [1.82, 2.24) is 25.1 Å². The van der Waals surface area contributed by atoms with Crippen LogP contribution in [0.5, 0.6) is 0 Å². The monoisotopic (exact) mass is 860 g/mol. The summed E-state index contributed by atoms with van der Waals surface area (Å²) in [7, 11) is -5.01. The molecule has 334 valence electrons. The van der Waals surface area contributed by atoms with Crippen LogP contribution in [0.25, 0.3) is 0 Å². The van der Waals surface area contributed by atoms with Crippen molar-refractivity contribution in [3.63, 3.8) is 0 Å². The molecule has 3 rings (SSSR count). The summed E-state index contributed by atoms with van der Waals surface area (Å²) >= 11 is 0. The molecule has 0 saturated carbocycles. The molecule has 0 spiro atoms. The minimum absolute atomic E-state index is 0.00955. The van der Waals surface area contributed by atoms with Crippen molar-refractivity contribution >= 4 is 45.6 Å². The molecular weight excluding hydrogens is 797 g/mol. The van der Waals surface area contributed by atoms with E-state index in [1.807, 2.05) is 36.6 Å². The highest BCUT2D eigenvalue weighted by molar-refractivity contribution is 7.80. The highest BCUT2D eigenvalue weighted by atomic mass is 32.3. The maximum atomic E-state index is 14.1. The average Bonchev–Trinajstić information content (AvgIpc) is 3.86. The van der Waals surface area contributed by atoms with Crippen LogP contribution in [0.15, 0.2) is 42.9 Å². The van der Waals surface area contributed by atoms with Crippen molar-refractivity contribution in [3.05, 3.63) is 54.1 Å². The second kappa shape index (κ2) is 24.7. The number of carbonyl (C=O) groups is 6. The Bertz CT molecular complexity index is 1840. The first-order valence-corrected chi connectivity index (χ1v) is 22.3. The number of Topliss-reactive ketones (excluding diaryl/α,β-unsaturated/α-hetero) is 2. The Balaban J connectivity index is 1.76. The molecule has 2 aromatic rings. The summed E-state index contributed by atoms with van der Waals surface area (Å²) in [5.74, 6) is -6.63. The fraction of sp³-hybridized carbons (Fsp3) is 0.643. The largest absolute Gasteiger partial charge is 0.397 e. The number of nitrogens with one attached hydrogen (secondary N) is 2. The predicted octanol–water partition coefficient (Wildman–Crippen LogP) is 2.87. The number of carbonyl (C=O) groups excluding carboxylic acids is 6. The number of aromatic nitrogens is 2. The Hall–Kier alpha value is -4.52. The standard InChI is InChI=1S/C42H64N6O11S/c1-28(2)21-35(45-42(55)37-18-14-20-48(37)30(4)50)38(51)23-32(41(54)46-36(26-49)39(52)24-34(40(43)53)29(3)59-60(56,57)58)22-33-25-44-27-47(33)19-13-8-6-5-7-10-15-31-16-11-9-12-17-31/h9,11-12,16-17,25,27-29,32,34-37,49H,5-8,10,13-15,18-24,26H2,1-4H3,(H2,43,53)(H,45,55)(H,46,54)(H,56,57,58)/t29-,32-,34+,35+,36+,37+/m1/s1. The van der Waals surface area contributed by atoms with E-state index in [0.29, 0.717) is 31.6 Å². The molecule has 1 fully saturated rings. The first-order chi connectivity index (χ1) is 28.4. The zero-order valence-corrected chi connectivity index (χ0v) is 36.1. The van der Waals surface area contributed by atoms with Crippen LogP contribution in [-0.4, -0.2) is 105 Å². The predicted molar refractivity (Wildman–Crippen MR) is 222 cm³/mol. The third-order valence-electron chi connectivity index (χ3n) is 10.9. The molecule has 60 heavy (non-hydrogen) atoms. The summed E-state index contributed by atoms with van der Waals surface area (Å²) in [6, 6.07) is 7.08. The minimum Gasteiger partial charge on any atom is -0.394 e. The van der Waals surface area contributed by atoms with E-state index in [4.69, 9.17) is 10.3 Å². The van der Waals surface area contributed by atoms with Gasteiger partial charge in [-0.1, -0.05) is 69.9 Å². The van der Waals surface area contributed by atoms with E-state index in [1.54, 1.807) is 12.5 Å². The molecule has 17 nitrogen and oxygen atoms in total. The number of hydrogen-bond acceptors (Lipinski definition) is 11. The Morgan fingerprint density at radius 3 is 2.20 bits per heavy atom. The summed E-state index contributed by atoms with van der Waals surface area (Å²) in [5.41, 5.74) is 7.38. The topological polar surface area (TPSA) is 257 Å². The van der Waals surface area contributed by atoms with Crippen molar-refractivity contribution in [1.29, 1.82) is 0 Å². The van der Waals surface area contributed by atoms with E-state index in [9.17, 15) is 42.3 Å². The van der Waals surface area contributed by atoms with Crippen molar-refractivity contribution < 1.29 is 51.0 Å². The van der Waals surface area contributed by atoms with E-state index >= 15 is 0 Å². The number of benzene rings is 1. The third-order valence-corrected chi connectivity index (χ3v) is 11.5. The lowest BCUT2D eigenvalue weighted by molar-refractivity contribution is -0.138. The van der Waals surface area contributed by atoms with Crippen LogP contribution in [-0.2, 0) is 62.7 Å². The Labute approximate surface area is 353 Å². The molecule has 0 unspecified atom stereocenters. The molecule has 0 radical (unpaired) electrons. The second-order valence-corrected chi connectivity index (χ2v) is 17.3. The van der Waals surface area contributed by atoms with Crippen LogP contribution in [0.1, 0.15) is 110 Å². The van der Waals surface area contributed by atoms with E-state index in [1.165, 1.54) is 17.4 Å². The average molecular weight is 861 g/mol. The van der Waals surface area contributed by atoms with Gasteiger partial charge in [-0.25, -0.2) is 9.17 Å². The lowest BCUT2D eigenvalue weighted by Gasteiger charge is -2.27. The van der Waals surface area contributed by atoms with E-state index in [2.05, 4.69) is 31.9 Å². The fourth-order valence-corrected chi connectivity index (χ4v) is 8.16. The van der Waals surface area contributed by atoms with Gasteiger partial charge in [0.1, 0.15) is 12.1 Å². The lowest BCUT2D eigenvalue weighted by Crippen LogP contribution is -2.52. The highest BCUT2D eigenvalue weighted by Gasteiger charge is 2.37. The van der Waals surface area contributed by atoms with Gasteiger partial charge in [-0.05, 0) is 56.9 Å². The number of likely N-dealkylation sites (tertiary alicyclic amines) is 1. The van der Waals surface area contributed by atoms with Gasteiger partial charge in [0.05, 0.1) is 36.9 Å². The molecule has 1 aliphatic rings. The van der Waals surface area contributed by atoms with Crippen LogP contribution in [0.4, 0.5) is 0 Å². The number of unbranched alkanes of at least 4 members (excludes halogenated alkanes) is 5. The molecule has 6 N–H and O–H groups in total. The molecule has 18 heteroatoms. The van der Waals surface area contributed by atoms with Gasteiger partial charge in [-0.3, -0.25) is 33.3 Å². The van der Waals surface area contributed by atoms with Crippen LogP contribution < -0.4 is 16.4 Å². The maximum absolute atomic E-state index is 14.1. The zero-order chi connectivity index (χ0) is 44.4. The number of nitrogens with two attached hydrogens (primary N) is 1. The minimum atomic E-state index is -5.01. The smallest absolute Gasteiger partial charge is 0.394 e. The molecule has 0 aliphatic carbocycles. The molecule has 1 aromatic heterocycles. The fourth-order valence-electron chi connectivity index (χ4n) is 7.64. The third kappa shape index (κ3) is 16.9. The van der Waals surface area contributed by atoms with Crippen LogP contribution >= 0.6 is 0 Å². The van der Waals surface area contributed by atoms with Crippen LogP contribution in [0.3, 0.4) is 0 Å². The molecule has 2 heterocycles. The van der Waals surface area contributed by atoms with Gasteiger partial charge >= 0.3 is 10.4 Å². The summed E-state index contributed by atoms with van der Waals surface area (Å²) in [4.78, 5) is 85.1. The molecule has 4 amide bonds. The number of aryl methyl sites for hydroxylation is 2. The van der Waals surface area contributed by atoms with Gasteiger partial charge in [-0.2, -0.15) is 8.42 Å². The van der Waals surface area contributed by atoms with Gasteiger partial charge in [-0.15, -0.1) is 0 Å². The lowest BCUT2D eigenvalue weighted by atomic mass is 9.89. The Kier molecular flexibility index (Phi) is 20.5. The van der Waals surface area contributed by atoms with Crippen LogP contribution in [0, 0.1) is 17.8 Å². The first-order valence-electron chi connectivity index (χ1n) is 20.9. The summed E-state index contributed by atoms with van der Waals surface area (Å²) in [6.45, 7) is 6.39. The molecule has 6 atom stereocenters. The Morgan fingerprint density at radius 2 is 1.58 bits per heavy atom. The van der Waals surface area contributed by atoms with Crippen molar-refractivity contribution in [2.75, 3.05) is 13.2 Å². The number of hydrogen-bond donors (Lipinski definition) is 5. The normalized spacial score (nSPS) is 16.8. The quantitative estimate of drug-likeness (QED) is 0.0612. The first kappa shape index (κ1) is 49.8. The number of imidazole rings is 1. The number of primary amides is 1. The number of amides is 4. The number of aliphatic hydroxyl groups is 1. The van der Waals surface area contributed by atoms with Gasteiger partial charge in [0.2, 0.25) is 23.6 Å². The summed E-state index contributed by atoms with van der Waals surface area (Å²) < 4.78 is 38.0. The molecule has 1 aliphatic heterocycles. The maximum Gasteiger partial charge on any atom is 0.397 e. The number of ketones is 2. The molecule has 1 aromatic carbocycles. The van der Waals surface area contributed by atoms with E-state index in [-0.39, 0.29) is 31.1 Å². The van der Waals surface area contributed by atoms with Gasteiger partial charge in [0.25, 0.3) is 0 Å². The van der Waals surface area contributed by atoms with Crippen molar-refractivity contribution in [3.8, 4) is 0 Å². The SMILES string of the molecule is CC(=O)N1CCC[C@H]1C(=O)N[C@@H](CC(C)C)C(=O)C[C@@H](Cc1cncn1CCCCCCCCc1ccccc1)C(=O)N[C@@H](CO)C(=O)C[C@H](C(N)=O)[C@@H](C)OS(=O)(=O)O. The Morgan fingerprint density at radius 1 is 0.933 bits per heavy atom. The van der Waals surface area contributed by atoms with Crippen molar-refractivity contribution in [2.45, 2.75) is 142 Å². The zero-order valence-electron chi connectivity index (χ0n) is 35.3. The summed E-state index contributed by atoms with van der Waals surface area (Å²) in [6.07, 6.45) is 9.21.